The first-order valence-corrected chi connectivity index (χ1v) is 7.78. The number of aromatic nitrogens is 1. The number of nitrogens with zero attached hydrogens (tertiary/aromatic N) is 1. The molecular formula is C19H20N2O2. The van der Waals surface area contributed by atoms with Crippen LogP contribution in [0.5, 0.6) is 0 Å². The zero-order valence-corrected chi connectivity index (χ0v) is 13.4. The Morgan fingerprint density at radius 2 is 2.09 bits per heavy atom. The molecule has 0 radical (unpaired) electrons. The van der Waals surface area contributed by atoms with Crippen molar-refractivity contribution < 1.29 is 9.21 Å². The van der Waals surface area contributed by atoms with E-state index in [2.05, 4.69) is 23.3 Å². The normalized spacial score (nSPS) is 10.9. The van der Waals surface area contributed by atoms with Crippen LogP contribution >= 0.6 is 0 Å². The van der Waals surface area contributed by atoms with Gasteiger partial charge in [0.05, 0.1) is 12.7 Å². The fraction of sp³-hybridized carbons (Fsp3) is 0.263. The first-order chi connectivity index (χ1) is 11.1. The minimum Gasteiger partial charge on any atom is -0.464 e. The van der Waals surface area contributed by atoms with Gasteiger partial charge >= 0.3 is 0 Å². The van der Waals surface area contributed by atoms with E-state index < -0.39 is 0 Å². The van der Waals surface area contributed by atoms with Crippen LogP contribution < -0.4 is 5.32 Å². The highest BCUT2D eigenvalue weighted by Gasteiger charge is 2.12. The van der Waals surface area contributed by atoms with Crippen LogP contribution in [-0.4, -0.2) is 17.4 Å². The molecule has 0 atom stereocenters. The Morgan fingerprint density at radius 1 is 1.22 bits per heavy atom. The summed E-state index contributed by atoms with van der Waals surface area (Å²) < 4.78 is 5.65. The van der Waals surface area contributed by atoms with Crippen molar-refractivity contribution >= 4 is 16.9 Å². The molecule has 0 aliphatic rings. The van der Waals surface area contributed by atoms with Crippen LogP contribution in [0.25, 0.3) is 11.0 Å². The van der Waals surface area contributed by atoms with Crippen molar-refractivity contribution in [2.24, 2.45) is 0 Å². The fourth-order valence-corrected chi connectivity index (χ4v) is 2.64. The van der Waals surface area contributed by atoms with Gasteiger partial charge in [-0.3, -0.25) is 9.78 Å². The van der Waals surface area contributed by atoms with Gasteiger partial charge < -0.3 is 9.73 Å². The number of amides is 1. The molecule has 1 amide bonds. The van der Waals surface area contributed by atoms with Gasteiger partial charge in [0.25, 0.3) is 0 Å². The van der Waals surface area contributed by atoms with Crippen molar-refractivity contribution in [1.29, 1.82) is 0 Å². The highest BCUT2D eigenvalue weighted by Crippen LogP contribution is 2.26. The molecule has 0 spiro atoms. The zero-order chi connectivity index (χ0) is 16.2. The third-order valence-corrected chi connectivity index (χ3v) is 4.12. The lowest BCUT2D eigenvalue weighted by molar-refractivity contribution is -0.120. The number of nitrogens with one attached hydrogen (secondary N) is 1. The summed E-state index contributed by atoms with van der Waals surface area (Å²) in [6.07, 6.45) is 4.52. The third kappa shape index (κ3) is 3.42. The Hall–Kier alpha value is -2.62. The van der Waals surface area contributed by atoms with Crippen LogP contribution in [0.2, 0.25) is 0 Å². The number of benzene rings is 1. The van der Waals surface area contributed by atoms with Crippen molar-refractivity contribution in [3.05, 3.63) is 65.2 Å². The molecule has 0 aliphatic heterocycles. The number of rotatable bonds is 5. The Morgan fingerprint density at radius 3 is 2.87 bits per heavy atom. The average Bonchev–Trinajstić information content (AvgIpc) is 2.95. The van der Waals surface area contributed by atoms with Gasteiger partial charge in [-0.2, -0.15) is 0 Å². The molecule has 118 valence electrons. The maximum Gasteiger partial charge on any atom is 0.224 e. The first kappa shape index (κ1) is 15.3. The number of pyridine rings is 1. The van der Waals surface area contributed by atoms with Crippen molar-refractivity contribution in [3.8, 4) is 0 Å². The molecule has 0 saturated carbocycles. The van der Waals surface area contributed by atoms with Crippen LogP contribution in [0.4, 0.5) is 0 Å². The summed E-state index contributed by atoms with van der Waals surface area (Å²) in [5.41, 5.74) is 5.11. The molecule has 2 aromatic heterocycles. The van der Waals surface area contributed by atoms with Gasteiger partial charge in [0.1, 0.15) is 5.58 Å². The van der Waals surface area contributed by atoms with E-state index in [4.69, 9.17) is 4.42 Å². The van der Waals surface area contributed by atoms with Gasteiger partial charge in [0.15, 0.2) is 0 Å². The second kappa shape index (κ2) is 6.65. The lowest BCUT2D eigenvalue weighted by Crippen LogP contribution is -2.27. The van der Waals surface area contributed by atoms with Gasteiger partial charge in [-0.1, -0.05) is 18.2 Å². The van der Waals surface area contributed by atoms with E-state index in [-0.39, 0.29) is 5.91 Å². The fourth-order valence-electron chi connectivity index (χ4n) is 2.64. The maximum absolute atomic E-state index is 12.1. The zero-order valence-electron chi connectivity index (χ0n) is 13.4. The number of carbonyl (C=O) groups excluding carboxylic acids is 1. The van der Waals surface area contributed by atoms with Crippen molar-refractivity contribution in [2.75, 3.05) is 6.54 Å². The summed E-state index contributed by atoms with van der Waals surface area (Å²) in [6.45, 7) is 4.68. The summed E-state index contributed by atoms with van der Waals surface area (Å²) in [7, 11) is 0. The number of fused-ring (bicyclic) bond motifs is 1. The molecule has 23 heavy (non-hydrogen) atoms. The standard InChI is InChI=1S/C19H20N2O2/c1-13-6-7-17-15(12-23-19(17)14(13)2)11-18(22)21-10-8-16-5-3-4-9-20-16/h3-7,9,12H,8,10-11H2,1-2H3,(H,21,22). The number of aryl methyl sites for hydroxylation is 2. The predicted octanol–water partition coefficient (Wildman–Crippen LogP) is 3.35. The summed E-state index contributed by atoms with van der Waals surface area (Å²) in [5.74, 6) is 0.00172. The molecule has 1 N–H and O–H groups in total. The quantitative estimate of drug-likeness (QED) is 0.786. The molecule has 0 fully saturated rings. The highest BCUT2D eigenvalue weighted by molar-refractivity contribution is 5.89. The van der Waals surface area contributed by atoms with Crippen LogP contribution in [0.15, 0.2) is 47.2 Å². The largest absolute Gasteiger partial charge is 0.464 e. The van der Waals surface area contributed by atoms with Crippen LogP contribution in [-0.2, 0) is 17.6 Å². The molecule has 3 aromatic rings. The minimum absolute atomic E-state index is 0.00172. The third-order valence-electron chi connectivity index (χ3n) is 4.12. The molecule has 2 heterocycles. The van der Waals surface area contributed by atoms with Crippen LogP contribution in [0, 0.1) is 13.8 Å². The predicted molar refractivity (Wildman–Crippen MR) is 90.3 cm³/mol. The monoisotopic (exact) mass is 308 g/mol. The Bertz CT molecular complexity index is 822. The van der Waals surface area contributed by atoms with Gasteiger partial charge in [0.2, 0.25) is 5.91 Å². The van der Waals surface area contributed by atoms with Gasteiger partial charge in [0, 0.05) is 35.8 Å². The summed E-state index contributed by atoms with van der Waals surface area (Å²) in [5, 5.41) is 3.96. The lowest BCUT2D eigenvalue weighted by Gasteiger charge is -2.05. The van der Waals surface area contributed by atoms with E-state index in [1.165, 1.54) is 5.56 Å². The second-order valence-electron chi connectivity index (χ2n) is 5.74. The topological polar surface area (TPSA) is 55.1 Å². The number of furan rings is 1. The van der Waals surface area contributed by atoms with Crippen molar-refractivity contribution in [1.82, 2.24) is 10.3 Å². The minimum atomic E-state index is 0.00172. The lowest BCUT2D eigenvalue weighted by atomic mass is 10.0. The second-order valence-corrected chi connectivity index (χ2v) is 5.74. The van der Waals surface area contributed by atoms with Gasteiger partial charge in [-0.05, 0) is 37.1 Å². The van der Waals surface area contributed by atoms with E-state index in [0.29, 0.717) is 13.0 Å². The Balaban J connectivity index is 1.61. The molecule has 4 heteroatoms. The number of hydrogen-bond donors (Lipinski definition) is 1. The summed E-state index contributed by atoms with van der Waals surface area (Å²) in [6, 6.07) is 9.88. The molecule has 0 bridgehead atoms. The molecule has 0 aliphatic carbocycles. The summed E-state index contributed by atoms with van der Waals surface area (Å²) in [4.78, 5) is 16.4. The average molecular weight is 308 g/mol. The van der Waals surface area contributed by atoms with Crippen LogP contribution in [0.1, 0.15) is 22.4 Å². The van der Waals surface area contributed by atoms with Gasteiger partial charge in [-0.15, -0.1) is 0 Å². The van der Waals surface area contributed by atoms with E-state index >= 15 is 0 Å². The van der Waals surface area contributed by atoms with E-state index in [9.17, 15) is 4.79 Å². The molecule has 0 saturated heterocycles. The number of hydrogen-bond acceptors (Lipinski definition) is 3. The SMILES string of the molecule is Cc1ccc2c(CC(=O)NCCc3ccccn3)coc2c1C. The number of carbonyl (C=O) groups is 1. The Kier molecular flexibility index (Phi) is 4.42. The Labute approximate surface area is 135 Å². The van der Waals surface area contributed by atoms with Crippen molar-refractivity contribution in [2.45, 2.75) is 26.7 Å². The first-order valence-electron chi connectivity index (χ1n) is 7.78. The summed E-state index contributed by atoms with van der Waals surface area (Å²) >= 11 is 0. The van der Waals surface area contributed by atoms with E-state index in [0.717, 1.165) is 34.2 Å². The van der Waals surface area contributed by atoms with E-state index in [1.54, 1.807) is 12.5 Å². The van der Waals surface area contributed by atoms with Crippen molar-refractivity contribution in [3.63, 3.8) is 0 Å². The molecule has 4 nitrogen and oxygen atoms in total. The van der Waals surface area contributed by atoms with E-state index in [1.807, 2.05) is 31.2 Å². The smallest absolute Gasteiger partial charge is 0.224 e. The molecule has 0 unspecified atom stereocenters. The molecular weight excluding hydrogens is 288 g/mol. The molecule has 1 aromatic carbocycles. The maximum atomic E-state index is 12.1. The van der Waals surface area contributed by atoms with Crippen LogP contribution in [0.3, 0.4) is 0 Å². The highest BCUT2D eigenvalue weighted by atomic mass is 16.3. The molecule has 3 rings (SSSR count). The van der Waals surface area contributed by atoms with Gasteiger partial charge in [-0.25, -0.2) is 0 Å².